The number of carboxylic acid groups (broad SMARTS) is 1. The molecule has 1 rings (SSSR count). The number of nitrogens with one attached hydrogen (secondary N) is 2. The first kappa shape index (κ1) is 13.1. The third-order valence-electron chi connectivity index (χ3n) is 2.20. The topological polar surface area (TPSA) is 104 Å². The number of nitrogen functional groups attached to an aromatic ring is 1. The van der Waals surface area contributed by atoms with Crippen LogP contribution >= 0.6 is 0 Å². The van der Waals surface area contributed by atoms with Crippen LogP contribution in [0.15, 0.2) is 24.3 Å². The maximum absolute atomic E-state index is 10.9. The summed E-state index contributed by atoms with van der Waals surface area (Å²) in [7, 11) is 0.00290. The second-order valence-corrected chi connectivity index (χ2v) is 3.43. The lowest BCUT2D eigenvalue weighted by molar-refractivity contribution is -0.138. The molecular formula is C10H14BN3O3. The van der Waals surface area contributed by atoms with Crippen molar-refractivity contribution in [1.29, 1.82) is 0 Å². The van der Waals surface area contributed by atoms with Crippen molar-refractivity contribution in [3.63, 3.8) is 0 Å². The number of carbonyl (C=O) groups is 2. The van der Waals surface area contributed by atoms with Crippen LogP contribution in [0.1, 0.15) is 0 Å². The van der Waals surface area contributed by atoms with Crippen LogP contribution in [-0.2, 0) is 9.59 Å². The molecule has 1 aromatic rings. The van der Waals surface area contributed by atoms with E-state index in [1.807, 2.05) is 0 Å². The van der Waals surface area contributed by atoms with Crippen LogP contribution in [0.4, 0.5) is 11.4 Å². The minimum atomic E-state index is -1.02. The summed E-state index contributed by atoms with van der Waals surface area (Å²) in [6, 6.07) is 6.23. The highest BCUT2D eigenvalue weighted by molar-refractivity contribution is 6.64. The summed E-state index contributed by atoms with van der Waals surface area (Å²) in [5, 5.41) is 14.4. The zero-order valence-electron chi connectivity index (χ0n) is 9.22. The fraction of sp³-hybridized carbons (Fsp3) is 0.200. The lowest BCUT2D eigenvalue weighted by Gasteiger charge is -2.15. The van der Waals surface area contributed by atoms with Gasteiger partial charge in [0.1, 0.15) is 6.04 Å². The van der Waals surface area contributed by atoms with Crippen molar-refractivity contribution in [1.82, 2.24) is 5.23 Å². The lowest BCUT2D eigenvalue weighted by Crippen LogP contribution is -2.44. The Kier molecular flexibility index (Phi) is 5.02. The molecule has 0 bridgehead atoms. The van der Waals surface area contributed by atoms with Crippen LogP contribution in [0.2, 0.25) is 0 Å². The Balaban J connectivity index is 2.54. The molecule has 0 aliphatic carbocycles. The monoisotopic (exact) mass is 235 g/mol. The molecule has 0 aromatic heterocycles. The summed E-state index contributed by atoms with van der Waals surface area (Å²) < 4.78 is 0. The normalized spacial score (nSPS) is 11.5. The fourth-order valence-electron chi connectivity index (χ4n) is 1.31. The van der Waals surface area contributed by atoms with Crippen molar-refractivity contribution in [3.8, 4) is 0 Å². The largest absolute Gasteiger partial charge is 0.480 e. The van der Waals surface area contributed by atoms with Gasteiger partial charge in [-0.05, 0) is 12.1 Å². The predicted octanol–water partition coefficient (Wildman–Crippen LogP) is -0.735. The van der Waals surface area contributed by atoms with Crippen LogP contribution in [0.25, 0.3) is 0 Å². The van der Waals surface area contributed by atoms with Gasteiger partial charge in [0.05, 0.1) is 17.6 Å². The first-order valence-corrected chi connectivity index (χ1v) is 5.13. The van der Waals surface area contributed by atoms with E-state index >= 15 is 0 Å². The molecule has 1 atom stereocenters. The van der Waals surface area contributed by atoms with E-state index < -0.39 is 12.0 Å². The maximum Gasteiger partial charge on any atom is 0.321 e. The first-order valence-electron chi connectivity index (χ1n) is 5.13. The first-order chi connectivity index (χ1) is 8.15. The Morgan fingerprint density at radius 3 is 2.82 bits per heavy atom. The van der Waals surface area contributed by atoms with Gasteiger partial charge in [0.15, 0.2) is 0 Å². The molecule has 0 saturated heterocycles. The molecule has 90 valence electrons. The number of hydrogen-bond acceptors (Lipinski definition) is 5. The Morgan fingerprint density at radius 1 is 1.53 bits per heavy atom. The highest BCUT2D eigenvalue weighted by Gasteiger charge is 2.16. The number of carboxylic acids is 1. The van der Waals surface area contributed by atoms with Crippen LogP contribution in [-0.4, -0.2) is 37.3 Å². The minimum absolute atomic E-state index is 0.00290. The van der Waals surface area contributed by atoms with Gasteiger partial charge in [0.2, 0.25) is 0 Å². The summed E-state index contributed by atoms with van der Waals surface area (Å²) in [5.74, 6) is -1.02. The Morgan fingerprint density at radius 2 is 2.24 bits per heavy atom. The van der Waals surface area contributed by atoms with Gasteiger partial charge >= 0.3 is 5.97 Å². The zero-order chi connectivity index (χ0) is 12.7. The van der Waals surface area contributed by atoms with Gasteiger partial charge in [0, 0.05) is 6.54 Å². The number of carbonyl (C=O) groups excluding carboxylic acids is 1. The molecule has 0 heterocycles. The van der Waals surface area contributed by atoms with E-state index in [0.29, 0.717) is 17.6 Å². The maximum atomic E-state index is 10.9. The van der Waals surface area contributed by atoms with E-state index in [-0.39, 0.29) is 14.0 Å². The fourth-order valence-corrected chi connectivity index (χ4v) is 1.31. The number of aliphatic carboxylic acids is 1. The molecule has 17 heavy (non-hydrogen) atoms. The molecule has 0 aliphatic heterocycles. The number of benzene rings is 1. The smallest absolute Gasteiger partial charge is 0.321 e. The van der Waals surface area contributed by atoms with Gasteiger partial charge in [0.25, 0.3) is 7.41 Å². The average molecular weight is 235 g/mol. The molecule has 0 fully saturated rings. The van der Waals surface area contributed by atoms with E-state index in [1.54, 1.807) is 24.3 Å². The Labute approximate surface area is 99.5 Å². The molecule has 6 nitrogen and oxygen atoms in total. The molecule has 5 N–H and O–H groups in total. The number of para-hydroxylation sites is 2. The lowest BCUT2D eigenvalue weighted by atomic mass is 9.96. The van der Waals surface area contributed by atoms with Crippen molar-refractivity contribution in [3.05, 3.63) is 24.3 Å². The quantitative estimate of drug-likeness (QED) is 0.282. The number of anilines is 2. The van der Waals surface area contributed by atoms with Crippen molar-refractivity contribution >= 4 is 30.9 Å². The number of nitrogens with two attached hydrogens (primary N) is 1. The third kappa shape index (κ3) is 4.16. The summed E-state index contributed by atoms with van der Waals surface area (Å²) in [5.41, 5.74) is 6.92. The average Bonchev–Trinajstić information content (AvgIpc) is 2.31. The van der Waals surface area contributed by atoms with Crippen LogP contribution < -0.4 is 16.3 Å². The van der Waals surface area contributed by atoms with E-state index in [0.717, 1.165) is 0 Å². The summed E-state index contributed by atoms with van der Waals surface area (Å²) >= 11 is 0. The highest BCUT2D eigenvalue weighted by Crippen LogP contribution is 2.16. The predicted molar refractivity (Wildman–Crippen MR) is 67.8 cm³/mol. The van der Waals surface area contributed by atoms with Crippen LogP contribution in [0, 0.1) is 0 Å². The molecule has 0 unspecified atom stereocenters. The van der Waals surface area contributed by atoms with E-state index in [2.05, 4.69) is 10.5 Å². The van der Waals surface area contributed by atoms with Gasteiger partial charge in [-0.3, -0.25) is 4.79 Å². The summed E-state index contributed by atoms with van der Waals surface area (Å²) in [4.78, 5) is 21.0. The van der Waals surface area contributed by atoms with E-state index in [4.69, 9.17) is 10.8 Å². The standard InChI is InChI=1S/C10H14BN3O3/c12-7-3-1-2-4-8(7)13-5-9(10(16)17)14-11-6-15/h1-4,6,9,11,13-14H,5,12H2,(H,16,17)/t9-/m0/s1. The van der Waals surface area contributed by atoms with Gasteiger partial charge in [-0.2, -0.15) is 0 Å². The second kappa shape index (κ2) is 6.54. The number of rotatable bonds is 7. The number of hydrogen-bond donors (Lipinski definition) is 4. The van der Waals surface area contributed by atoms with Gasteiger partial charge in [-0.25, -0.2) is 0 Å². The highest BCUT2D eigenvalue weighted by atomic mass is 16.4. The third-order valence-corrected chi connectivity index (χ3v) is 2.20. The molecule has 1 aromatic carbocycles. The van der Waals surface area contributed by atoms with E-state index in [1.165, 1.54) is 0 Å². The van der Waals surface area contributed by atoms with Gasteiger partial charge in [-0.1, -0.05) is 12.1 Å². The van der Waals surface area contributed by atoms with Crippen molar-refractivity contribution in [2.75, 3.05) is 17.6 Å². The van der Waals surface area contributed by atoms with Crippen LogP contribution in [0.5, 0.6) is 0 Å². The summed E-state index contributed by atoms with van der Waals surface area (Å²) in [6.07, 6.45) is 0.618. The second-order valence-electron chi connectivity index (χ2n) is 3.43. The minimum Gasteiger partial charge on any atom is -0.480 e. The summed E-state index contributed by atoms with van der Waals surface area (Å²) in [6.45, 7) is 0.150. The molecule has 0 amide bonds. The molecule has 0 aliphatic rings. The molecule has 0 spiro atoms. The molecule has 0 saturated carbocycles. The van der Waals surface area contributed by atoms with E-state index in [9.17, 15) is 9.59 Å². The van der Waals surface area contributed by atoms with Crippen LogP contribution in [0.3, 0.4) is 0 Å². The molecule has 7 heteroatoms. The molecular weight excluding hydrogens is 221 g/mol. The van der Waals surface area contributed by atoms with Crippen molar-refractivity contribution < 1.29 is 14.7 Å². The van der Waals surface area contributed by atoms with Gasteiger partial charge in [-0.15, -0.1) is 0 Å². The van der Waals surface area contributed by atoms with Crippen molar-refractivity contribution in [2.24, 2.45) is 0 Å². The Hall–Kier alpha value is -2.02. The van der Waals surface area contributed by atoms with Gasteiger partial charge < -0.3 is 26.2 Å². The zero-order valence-corrected chi connectivity index (χ0v) is 9.22. The SMILES string of the molecule is Nc1ccccc1NC[C@H](NBC=O)C(=O)O. The molecule has 0 radical (unpaired) electrons. The van der Waals surface area contributed by atoms with Crippen molar-refractivity contribution in [2.45, 2.75) is 6.04 Å². The Bertz CT molecular complexity index is 400.